The van der Waals surface area contributed by atoms with E-state index in [0.717, 1.165) is 28.4 Å². The van der Waals surface area contributed by atoms with Gasteiger partial charge in [-0.1, -0.05) is 25.7 Å². The largest absolute Gasteiger partial charge is 0.492 e. The Hall–Kier alpha value is -2.18. The van der Waals surface area contributed by atoms with Crippen LogP contribution in [-0.2, 0) is 54.5 Å². The summed E-state index contributed by atoms with van der Waals surface area (Å²) < 4.78 is 78.5. The Balaban J connectivity index is 1.73. The van der Waals surface area contributed by atoms with E-state index in [1.165, 1.54) is 6.33 Å². The van der Waals surface area contributed by atoms with E-state index in [1.54, 1.807) is 24.6 Å². The summed E-state index contributed by atoms with van der Waals surface area (Å²) >= 11 is 0. The Bertz CT molecular complexity index is 1430. The number of nitrogens with two attached hydrogens (primary N) is 1. The van der Waals surface area contributed by atoms with Crippen LogP contribution in [0.4, 0.5) is 5.82 Å². The van der Waals surface area contributed by atoms with Crippen molar-refractivity contribution in [2.24, 2.45) is 5.92 Å². The van der Waals surface area contributed by atoms with Crippen LogP contribution < -0.4 is 11.1 Å². The second kappa shape index (κ2) is 13.2. The smallest absolute Gasteiger partial charge is 0.383 e. The van der Waals surface area contributed by atoms with E-state index < -0.39 is 35.8 Å². The number of aromatic nitrogens is 3. The van der Waals surface area contributed by atoms with Crippen LogP contribution in [0.15, 0.2) is 12.5 Å². The van der Waals surface area contributed by atoms with Gasteiger partial charge in [-0.25, -0.2) is 23.7 Å². The lowest BCUT2D eigenvalue weighted by Gasteiger charge is -2.22. The summed E-state index contributed by atoms with van der Waals surface area (Å²) in [5.41, 5.74) is 6.97. The molecule has 3 N–H and O–H groups in total. The van der Waals surface area contributed by atoms with Gasteiger partial charge in [-0.2, -0.15) is 8.62 Å². The van der Waals surface area contributed by atoms with Gasteiger partial charge in [0.25, 0.3) is 0 Å². The molecule has 4 unspecified atom stereocenters. The second-order valence-corrected chi connectivity index (χ2v) is 13.9. The maximum atomic E-state index is 13.0. The third-order valence-electron chi connectivity index (χ3n) is 5.26. The van der Waals surface area contributed by atoms with Crippen molar-refractivity contribution in [3.63, 3.8) is 0 Å². The lowest BCUT2D eigenvalue weighted by Crippen LogP contribution is -2.27. The number of phosphoric acid groups is 3. The van der Waals surface area contributed by atoms with E-state index in [-0.39, 0.29) is 30.8 Å². The van der Waals surface area contributed by atoms with Crippen LogP contribution in [0, 0.1) is 17.8 Å². The predicted octanol–water partition coefficient (Wildman–Crippen LogP) is 2.99. The molecule has 0 bridgehead atoms. The van der Waals surface area contributed by atoms with Gasteiger partial charge in [-0.3, -0.25) is 27.4 Å². The number of hydrogen-bond donors (Lipinski definition) is 2. The molecule has 1 aliphatic rings. The number of carbonyl (C=O) groups excluding carboxylic acids is 1. The summed E-state index contributed by atoms with van der Waals surface area (Å²) in [7, 11) is -9.99. The third-order valence-corrected chi connectivity index (χ3v) is 10.7. The second-order valence-electron chi connectivity index (χ2n) is 8.18. The Morgan fingerprint density at radius 1 is 1.07 bits per heavy atom. The van der Waals surface area contributed by atoms with Gasteiger partial charge < -0.3 is 20.4 Å². The van der Waals surface area contributed by atoms with E-state index in [4.69, 9.17) is 28.1 Å². The Morgan fingerprint density at radius 2 is 1.70 bits per heavy atom. The van der Waals surface area contributed by atoms with Gasteiger partial charge >= 0.3 is 23.5 Å². The van der Waals surface area contributed by atoms with Crippen molar-refractivity contribution in [2.75, 3.05) is 47.3 Å². The van der Waals surface area contributed by atoms with Gasteiger partial charge in [0.1, 0.15) is 23.9 Å². The number of epoxide rings is 1. The zero-order valence-electron chi connectivity index (χ0n) is 22.5. The highest BCUT2D eigenvalue weighted by molar-refractivity contribution is 7.67. The van der Waals surface area contributed by atoms with Crippen LogP contribution in [0.5, 0.6) is 0 Å². The monoisotopic (exact) mass is 625 g/mol. The predicted molar refractivity (Wildman–Crippen MR) is 140 cm³/mol. The average Bonchev–Trinajstić information content (AvgIpc) is 3.61. The van der Waals surface area contributed by atoms with Gasteiger partial charge in [0.2, 0.25) is 5.91 Å². The van der Waals surface area contributed by atoms with Gasteiger partial charge in [0.15, 0.2) is 6.23 Å². The highest BCUT2D eigenvalue weighted by Crippen LogP contribution is 2.72. The highest BCUT2D eigenvalue weighted by atomic mass is 31.3. The molecule has 0 radical (unpaired) electrons. The molecule has 40 heavy (non-hydrogen) atoms. The number of rotatable bonds is 14. The van der Waals surface area contributed by atoms with E-state index in [9.17, 15) is 18.5 Å². The fraction of sp³-hybridized carbons (Fsp3) is 0.550. The SMILES string of the molecule is COP(=O)(OC)OP(=O)(OC)OP(=O)(OC)OCC1OC1n1cc(C#CCNC(=O)C(C)C)c2c(N)ncnc21. The van der Waals surface area contributed by atoms with Crippen LogP contribution in [0.3, 0.4) is 0 Å². The molecule has 0 aliphatic carbocycles. The van der Waals surface area contributed by atoms with Crippen LogP contribution in [0.25, 0.3) is 11.0 Å². The minimum absolute atomic E-state index is 0.124. The Labute approximate surface area is 230 Å². The summed E-state index contributed by atoms with van der Waals surface area (Å²) in [4.78, 5) is 20.0. The average molecular weight is 625 g/mol. The maximum absolute atomic E-state index is 13.0. The zero-order chi connectivity index (χ0) is 29.7. The molecule has 2 aromatic heterocycles. The lowest BCUT2D eigenvalue weighted by molar-refractivity contribution is -0.123. The molecule has 0 saturated carbocycles. The first-order chi connectivity index (χ1) is 18.8. The number of hydrogen-bond acceptors (Lipinski definition) is 15. The molecule has 0 spiro atoms. The molecule has 0 aromatic carbocycles. The molecule has 20 heteroatoms. The number of carbonyl (C=O) groups is 1. The molecule has 1 aliphatic heterocycles. The van der Waals surface area contributed by atoms with Gasteiger partial charge in [0.05, 0.1) is 24.1 Å². The molecular weight excluding hydrogens is 595 g/mol. The summed E-state index contributed by atoms with van der Waals surface area (Å²) in [5.74, 6) is 5.69. The molecule has 17 nitrogen and oxygen atoms in total. The zero-order valence-corrected chi connectivity index (χ0v) is 25.1. The highest BCUT2D eigenvalue weighted by Gasteiger charge is 2.48. The molecule has 3 rings (SSSR count). The molecular formula is C20H30N5O12P3. The van der Waals surface area contributed by atoms with Crippen LogP contribution in [-0.4, -0.2) is 68.1 Å². The number of phosphoric ester groups is 2. The minimum Gasteiger partial charge on any atom is -0.383 e. The van der Waals surface area contributed by atoms with E-state index in [1.807, 2.05) is 0 Å². The molecule has 222 valence electrons. The molecule has 1 amide bonds. The Morgan fingerprint density at radius 3 is 2.30 bits per heavy atom. The van der Waals surface area contributed by atoms with Gasteiger partial charge in [-0.15, -0.1) is 0 Å². The summed E-state index contributed by atoms with van der Waals surface area (Å²) in [6.07, 6.45) is 1.59. The summed E-state index contributed by atoms with van der Waals surface area (Å²) in [5, 5.41) is 3.18. The number of ether oxygens (including phenoxy) is 1. The topological polar surface area (TPSA) is 214 Å². The van der Waals surface area contributed by atoms with Crippen molar-refractivity contribution in [2.45, 2.75) is 26.2 Å². The number of fused-ring (bicyclic) bond motifs is 1. The van der Waals surface area contributed by atoms with Crippen molar-refractivity contribution < 1.29 is 54.5 Å². The number of anilines is 1. The molecule has 1 fully saturated rings. The fourth-order valence-electron chi connectivity index (χ4n) is 3.11. The third kappa shape index (κ3) is 7.76. The molecule has 1 saturated heterocycles. The van der Waals surface area contributed by atoms with Crippen molar-refractivity contribution in [3.8, 4) is 11.8 Å². The van der Waals surface area contributed by atoms with Crippen molar-refractivity contribution >= 4 is 46.2 Å². The summed E-state index contributed by atoms with van der Waals surface area (Å²) in [6, 6.07) is 0. The first-order valence-electron chi connectivity index (χ1n) is 11.5. The van der Waals surface area contributed by atoms with Crippen LogP contribution in [0.2, 0.25) is 0 Å². The lowest BCUT2D eigenvalue weighted by atomic mass is 10.2. The number of nitrogens with zero attached hydrogens (tertiary/aromatic N) is 3. The maximum Gasteiger partial charge on any atom is 0.492 e. The van der Waals surface area contributed by atoms with E-state index in [2.05, 4.69) is 40.7 Å². The van der Waals surface area contributed by atoms with Crippen molar-refractivity contribution in [1.82, 2.24) is 19.9 Å². The normalized spacial score (nSPS) is 20.0. The van der Waals surface area contributed by atoms with E-state index in [0.29, 0.717) is 16.6 Å². The van der Waals surface area contributed by atoms with Crippen molar-refractivity contribution in [3.05, 3.63) is 18.1 Å². The summed E-state index contributed by atoms with van der Waals surface area (Å²) in [6.45, 7) is 3.30. The Kier molecular flexibility index (Phi) is 10.7. The number of nitrogen functional groups attached to an aromatic ring is 1. The van der Waals surface area contributed by atoms with Gasteiger partial charge in [-0.05, 0) is 0 Å². The van der Waals surface area contributed by atoms with Crippen molar-refractivity contribution in [1.29, 1.82) is 0 Å². The number of nitrogens with one attached hydrogen (secondary N) is 1. The molecule has 3 heterocycles. The standard InChI is InChI=1S/C20H30N5O12P3/c1-13(2)19(26)22-9-7-8-14-10-25(18-16(14)17(21)23-12-24-18)20-15(35-20)11-34-39(28,32-5)37-40(29,33-6)36-38(27,30-3)31-4/h10,12-13,15,20H,9,11H2,1-6H3,(H,22,26)(H2,21,23,24). The quantitative estimate of drug-likeness (QED) is 0.175. The number of amides is 1. The van der Waals surface area contributed by atoms with E-state index >= 15 is 0 Å². The molecule has 2 aromatic rings. The fourth-order valence-corrected chi connectivity index (χ4v) is 7.57. The van der Waals surface area contributed by atoms with Crippen LogP contribution >= 0.6 is 23.5 Å². The first-order valence-corrected chi connectivity index (χ1v) is 15.8. The molecule has 4 atom stereocenters. The minimum atomic E-state index is -4.81. The van der Waals surface area contributed by atoms with Gasteiger partial charge in [0, 0.05) is 40.6 Å². The first kappa shape index (κ1) is 32.3. The van der Waals surface area contributed by atoms with Crippen LogP contribution in [0.1, 0.15) is 25.6 Å².